The maximum atomic E-state index is 12.6. The average molecular weight is 361 g/mol. The minimum absolute atomic E-state index is 0.250. The number of anilines is 1. The molecule has 0 fully saturated rings. The zero-order valence-corrected chi connectivity index (χ0v) is 15.4. The van der Waals surface area contributed by atoms with Gasteiger partial charge in [0.2, 0.25) is 11.8 Å². The molecule has 0 saturated heterocycles. The van der Waals surface area contributed by atoms with E-state index in [0.717, 1.165) is 11.3 Å². The van der Waals surface area contributed by atoms with Crippen LogP contribution in [0, 0.1) is 5.92 Å². The second-order valence-electron chi connectivity index (χ2n) is 6.98. The highest BCUT2D eigenvalue weighted by Gasteiger charge is 2.31. The fourth-order valence-electron chi connectivity index (χ4n) is 3.05. The van der Waals surface area contributed by atoms with Gasteiger partial charge in [-0.15, -0.1) is 0 Å². The van der Waals surface area contributed by atoms with Gasteiger partial charge in [0.1, 0.15) is 18.1 Å². The van der Waals surface area contributed by atoms with Crippen molar-refractivity contribution in [2.75, 3.05) is 5.32 Å². The zero-order chi connectivity index (χ0) is 19.3. The summed E-state index contributed by atoms with van der Waals surface area (Å²) in [5.74, 6) is -2.05. The fourth-order valence-corrected chi connectivity index (χ4v) is 3.05. The Bertz CT molecular complexity index is 650. The Kier molecular flexibility index (Phi) is 6.60. The van der Waals surface area contributed by atoms with Gasteiger partial charge in [-0.3, -0.25) is 9.59 Å². The zero-order valence-electron chi connectivity index (χ0n) is 15.4. The number of rotatable bonds is 8. The van der Waals surface area contributed by atoms with Crippen LogP contribution in [-0.4, -0.2) is 41.0 Å². The monoisotopic (exact) mass is 361 g/mol. The minimum atomic E-state index is -1.08. The highest BCUT2D eigenvalue weighted by molar-refractivity contribution is 5.93. The summed E-state index contributed by atoms with van der Waals surface area (Å²) in [6.45, 7) is 5.37. The molecule has 142 valence electrons. The van der Waals surface area contributed by atoms with Crippen molar-refractivity contribution >= 4 is 23.5 Å². The van der Waals surface area contributed by atoms with Crippen LogP contribution in [0.15, 0.2) is 24.3 Å². The molecule has 1 aliphatic heterocycles. The summed E-state index contributed by atoms with van der Waals surface area (Å²) in [5, 5.41) is 17.7. The van der Waals surface area contributed by atoms with Gasteiger partial charge >= 0.3 is 5.97 Å². The Hall–Kier alpha value is -2.57. The van der Waals surface area contributed by atoms with Gasteiger partial charge < -0.3 is 21.1 Å². The molecule has 3 atom stereocenters. The van der Waals surface area contributed by atoms with Crippen LogP contribution in [0.5, 0.6) is 0 Å². The molecule has 7 nitrogen and oxygen atoms in total. The number of benzene rings is 1. The van der Waals surface area contributed by atoms with E-state index in [9.17, 15) is 19.5 Å². The first-order valence-corrected chi connectivity index (χ1v) is 9.01. The van der Waals surface area contributed by atoms with Gasteiger partial charge in [0.05, 0.1) is 0 Å². The number of para-hydroxylation sites is 1. The van der Waals surface area contributed by atoms with Crippen molar-refractivity contribution in [3.63, 3.8) is 0 Å². The lowest BCUT2D eigenvalue weighted by Crippen LogP contribution is -2.55. The Balaban J connectivity index is 2.00. The quantitative estimate of drug-likeness (QED) is 0.562. The third kappa shape index (κ3) is 4.74. The van der Waals surface area contributed by atoms with Crippen LogP contribution >= 0.6 is 0 Å². The summed E-state index contributed by atoms with van der Waals surface area (Å²) < 4.78 is 0. The first-order valence-electron chi connectivity index (χ1n) is 9.01. The molecular formula is C19H27N3O4. The van der Waals surface area contributed by atoms with Crippen LogP contribution in [0.25, 0.3) is 0 Å². The summed E-state index contributed by atoms with van der Waals surface area (Å²) in [4.78, 5) is 36.4. The molecule has 26 heavy (non-hydrogen) atoms. The van der Waals surface area contributed by atoms with Gasteiger partial charge in [0.25, 0.3) is 0 Å². The van der Waals surface area contributed by atoms with Gasteiger partial charge in [-0.1, -0.05) is 45.4 Å². The number of nitrogens with one attached hydrogen (secondary N) is 3. The Morgan fingerprint density at radius 2 is 1.92 bits per heavy atom. The molecule has 2 amide bonds. The average Bonchev–Trinajstić information content (AvgIpc) is 3.02. The maximum Gasteiger partial charge on any atom is 0.326 e. The molecule has 0 saturated carbocycles. The van der Waals surface area contributed by atoms with E-state index in [1.54, 1.807) is 13.8 Å². The SMILES string of the molecule is CCC[C@H](NC(=O)C1Cc2ccccc2N1)C(=O)N[C@H](C(=O)O)C(C)C. The van der Waals surface area contributed by atoms with Crippen LogP contribution in [0.1, 0.15) is 39.2 Å². The summed E-state index contributed by atoms with van der Waals surface area (Å²) in [5.41, 5.74) is 1.99. The number of aliphatic carboxylic acids is 1. The number of amides is 2. The lowest BCUT2D eigenvalue weighted by molar-refractivity contribution is -0.143. The van der Waals surface area contributed by atoms with Gasteiger partial charge in [-0.25, -0.2) is 4.79 Å². The van der Waals surface area contributed by atoms with Crippen molar-refractivity contribution < 1.29 is 19.5 Å². The van der Waals surface area contributed by atoms with Crippen molar-refractivity contribution in [1.29, 1.82) is 0 Å². The van der Waals surface area contributed by atoms with Crippen LogP contribution in [-0.2, 0) is 20.8 Å². The third-order valence-corrected chi connectivity index (χ3v) is 4.53. The van der Waals surface area contributed by atoms with Gasteiger partial charge in [-0.2, -0.15) is 0 Å². The first kappa shape index (κ1) is 19.8. The van der Waals surface area contributed by atoms with Crippen molar-refractivity contribution in [3.05, 3.63) is 29.8 Å². The van der Waals surface area contributed by atoms with Crippen molar-refractivity contribution in [2.24, 2.45) is 5.92 Å². The van der Waals surface area contributed by atoms with E-state index in [1.807, 2.05) is 31.2 Å². The van der Waals surface area contributed by atoms with E-state index in [4.69, 9.17) is 0 Å². The molecule has 2 rings (SSSR count). The third-order valence-electron chi connectivity index (χ3n) is 4.53. The van der Waals surface area contributed by atoms with Gasteiger partial charge in [0, 0.05) is 12.1 Å². The normalized spacial score (nSPS) is 17.8. The molecule has 0 radical (unpaired) electrons. The molecule has 1 heterocycles. The predicted octanol–water partition coefficient (Wildman–Crippen LogP) is 1.53. The summed E-state index contributed by atoms with van der Waals surface area (Å²) in [6, 6.07) is 5.54. The molecule has 1 aromatic rings. The highest BCUT2D eigenvalue weighted by Crippen LogP contribution is 2.25. The Labute approximate surface area is 153 Å². The Morgan fingerprint density at radius 1 is 1.23 bits per heavy atom. The molecule has 4 N–H and O–H groups in total. The molecule has 0 aliphatic carbocycles. The van der Waals surface area contributed by atoms with E-state index in [-0.39, 0.29) is 11.8 Å². The molecule has 0 aromatic heterocycles. The van der Waals surface area contributed by atoms with Gasteiger partial charge in [-0.05, 0) is 24.0 Å². The molecule has 0 spiro atoms. The number of carboxylic acid groups (broad SMARTS) is 1. The fraction of sp³-hybridized carbons (Fsp3) is 0.526. The second-order valence-corrected chi connectivity index (χ2v) is 6.98. The topological polar surface area (TPSA) is 108 Å². The molecule has 7 heteroatoms. The number of fused-ring (bicyclic) bond motifs is 1. The number of carboxylic acids is 1. The Morgan fingerprint density at radius 3 is 2.50 bits per heavy atom. The number of carbonyl (C=O) groups is 3. The van der Waals surface area contributed by atoms with E-state index >= 15 is 0 Å². The first-order chi connectivity index (χ1) is 12.3. The van der Waals surface area contributed by atoms with Crippen LogP contribution in [0.2, 0.25) is 0 Å². The van der Waals surface area contributed by atoms with Gasteiger partial charge in [0.15, 0.2) is 0 Å². The summed E-state index contributed by atoms with van der Waals surface area (Å²) >= 11 is 0. The number of hydrogen-bond donors (Lipinski definition) is 4. The summed E-state index contributed by atoms with van der Waals surface area (Å²) in [7, 11) is 0. The second kappa shape index (κ2) is 8.69. The minimum Gasteiger partial charge on any atom is -0.480 e. The van der Waals surface area contributed by atoms with Crippen LogP contribution in [0.3, 0.4) is 0 Å². The lowest BCUT2D eigenvalue weighted by atomic mass is 10.0. The highest BCUT2D eigenvalue weighted by atomic mass is 16.4. The van der Waals surface area contributed by atoms with E-state index < -0.39 is 30.0 Å². The molecular weight excluding hydrogens is 334 g/mol. The van der Waals surface area contributed by atoms with E-state index in [1.165, 1.54) is 0 Å². The van der Waals surface area contributed by atoms with Crippen molar-refractivity contribution in [1.82, 2.24) is 10.6 Å². The largest absolute Gasteiger partial charge is 0.480 e. The standard InChI is InChI=1S/C19H27N3O4/c1-4-7-14(17(23)22-16(11(2)3)19(25)26)21-18(24)15-10-12-8-5-6-9-13(12)20-15/h5-6,8-9,11,14-16,20H,4,7,10H2,1-3H3,(H,21,24)(H,22,23)(H,25,26)/t14-,15?,16-/m0/s1. The smallest absolute Gasteiger partial charge is 0.326 e. The number of carbonyl (C=O) groups excluding carboxylic acids is 2. The van der Waals surface area contributed by atoms with Crippen LogP contribution < -0.4 is 16.0 Å². The molecule has 1 aliphatic rings. The van der Waals surface area contributed by atoms with E-state index in [0.29, 0.717) is 19.3 Å². The summed E-state index contributed by atoms with van der Waals surface area (Å²) in [6.07, 6.45) is 1.70. The van der Waals surface area contributed by atoms with Crippen molar-refractivity contribution in [2.45, 2.75) is 58.2 Å². The van der Waals surface area contributed by atoms with E-state index in [2.05, 4.69) is 16.0 Å². The maximum absolute atomic E-state index is 12.6. The number of hydrogen-bond acceptors (Lipinski definition) is 4. The molecule has 1 unspecified atom stereocenters. The molecule has 1 aromatic carbocycles. The molecule has 0 bridgehead atoms. The predicted molar refractivity (Wildman–Crippen MR) is 98.8 cm³/mol. The van der Waals surface area contributed by atoms with Crippen molar-refractivity contribution in [3.8, 4) is 0 Å². The van der Waals surface area contributed by atoms with Crippen LogP contribution in [0.4, 0.5) is 5.69 Å². The lowest BCUT2D eigenvalue weighted by Gasteiger charge is -2.24.